The number of carboxylic acids is 1. The van der Waals surface area contributed by atoms with E-state index in [1.165, 1.54) is 0 Å². The largest absolute Gasteiger partial charge is 0.478 e. The molecule has 108 valence electrons. The van der Waals surface area contributed by atoms with Gasteiger partial charge in [-0.1, -0.05) is 27.7 Å². The minimum Gasteiger partial charge on any atom is -0.478 e. The molecule has 1 aromatic carbocycles. The van der Waals surface area contributed by atoms with Crippen LogP contribution in [0.4, 0.5) is 0 Å². The van der Waals surface area contributed by atoms with Crippen molar-refractivity contribution >= 4 is 17.0 Å². The molecule has 0 saturated heterocycles. The SMILES string of the molecule is CCc1nc2cc(C(=O)O)ccc2n1C(CC)C(C)C. The van der Waals surface area contributed by atoms with E-state index in [0.717, 1.165) is 29.7 Å². The number of carboxylic acid groups (broad SMARTS) is 1. The van der Waals surface area contributed by atoms with Crippen LogP contribution in [-0.4, -0.2) is 20.6 Å². The molecular formula is C16H22N2O2. The lowest BCUT2D eigenvalue weighted by Gasteiger charge is -2.23. The van der Waals surface area contributed by atoms with Crippen molar-refractivity contribution < 1.29 is 9.90 Å². The van der Waals surface area contributed by atoms with E-state index < -0.39 is 5.97 Å². The van der Waals surface area contributed by atoms with Gasteiger partial charge in [-0.05, 0) is 30.5 Å². The summed E-state index contributed by atoms with van der Waals surface area (Å²) in [5.41, 5.74) is 2.11. The summed E-state index contributed by atoms with van der Waals surface area (Å²) in [7, 11) is 0. The number of aryl methyl sites for hydroxylation is 1. The summed E-state index contributed by atoms with van der Waals surface area (Å²) in [5.74, 6) is 0.639. The molecule has 0 bridgehead atoms. The quantitative estimate of drug-likeness (QED) is 0.899. The molecule has 4 nitrogen and oxygen atoms in total. The number of rotatable bonds is 5. The minimum atomic E-state index is -0.907. The molecule has 2 aromatic rings. The molecule has 0 saturated carbocycles. The molecule has 1 unspecified atom stereocenters. The number of fused-ring (bicyclic) bond motifs is 1. The predicted octanol–water partition coefficient (Wildman–Crippen LogP) is 3.90. The maximum atomic E-state index is 11.1. The van der Waals surface area contributed by atoms with E-state index in [1.54, 1.807) is 12.1 Å². The number of benzene rings is 1. The van der Waals surface area contributed by atoms with Gasteiger partial charge < -0.3 is 9.67 Å². The van der Waals surface area contributed by atoms with Crippen LogP contribution in [-0.2, 0) is 6.42 Å². The Morgan fingerprint density at radius 3 is 2.55 bits per heavy atom. The minimum absolute atomic E-state index is 0.294. The van der Waals surface area contributed by atoms with Gasteiger partial charge >= 0.3 is 5.97 Å². The van der Waals surface area contributed by atoms with Crippen LogP contribution in [0.3, 0.4) is 0 Å². The zero-order valence-corrected chi connectivity index (χ0v) is 12.6. The van der Waals surface area contributed by atoms with Crippen molar-refractivity contribution in [3.05, 3.63) is 29.6 Å². The Morgan fingerprint density at radius 1 is 1.35 bits per heavy atom. The van der Waals surface area contributed by atoms with Gasteiger partial charge in [-0.25, -0.2) is 9.78 Å². The number of imidazole rings is 1. The van der Waals surface area contributed by atoms with Gasteiger partial charge in [-0.2, -0.15) is 0 Å². The Labute approximate surface area is 119 Å². The van der Waals surface area contributed by atoms with Gasteiger partial charge in [0.15, 0.2) is 0 Å². The van der Waals surface area contributed by atoms with Crippen LogP contribution in [0.2, 0.25) is 0 Å². The highest BCUT2D eigenvalue weighted by Crippen LogP contribution is 2.29. The lowest BCUT2D eigenvalue weighted by Crippen LogP contribution is -2.16. The first kappa shape index (κ1) is 14.6. The Kier molecular flexibility index (Phi) is 4.12. The molecule has 0 fully saturated rings. The van der Waals surface area contributed by atoms with Crippen molar-refractivity contribution in [3.8, 4) is 0 Å². The second-order valence-corrected chi connectivity index (χ2v) is 5.48. The van der Waals surface area contributed by atoms with Crippen molar-refractivity contribution in [1.29, 1.82) is 0 Å². The monoisotopic (exact) mass is 274 g/mol. The fourth-order valence-corrected chi connectivity index (χ4v) is 2.85. The van der Waals surface area contributed by atoms with Gasteiger partial charge in [0.2, 0.25) is 0 Å². The molecule has 1 atom stereocenters. The van der Waals surface area contributed by atoms with Crippen molar-refractivity contribution in [2.24, 2.45) is 5.92 Å². The van der Waals surface area contributed by atoms with Crippen LogP contribution in [0.5, 0.6) is 0 Å². The summed E-state index contributed by atoms with van der Waals surface area (Å²) in [4.78, 5) is 15.7. The molecule has 0 radical (unpaired) electrons. The summed E-state index contributed by atoms with van der Waals surface area (Å²) >= 11 is 0. The van der Waals surface area contributed by atoms with Crippen LogP contribution in [0.1, 0.15) is 56.3 Å². The maximum absolute atomic E-state index is 11.1. The molecule has 0 aliphatic carbocycles. The van der Waals surface area contributed by atoms with Gasteiger partial charge in [0, 0.05) is 12.5 Å². The molecule has 20 heavy (non-hydrogen) atoms. The Balaban J connectivity index is 2.66. The third-order valence-electron chi connectivity index (χ3n) is 3.85. The lowest BCUT2D eigenvalue weighted by molar-refractivity contribution is 0.0697. The van der Waals surface area contributed by atoms with E-state index in [1.807, 2.05) is 6.07 Å². The van der Waals surface area contributed by atoms with E-state index in [0.29, 0.717) is 17.5 Å². The zero-order chi connectivity index (χ0) is 14.9. The summed E-state index contributed by atoms with van der Waals surface area (Å²) in [5, 5.41) is 9.09. The van der Waals surface area contributed by atoms with Crippen LogP contribution >= 0.6 is 0 Å². The molecule has 1 N–H and O–H groups in total. The van der Waals surface area contributed by atoms with E-state index >= 15 is 0 Å². The van der Waals surface area contributed by atoms with E-state index in [-0.39, 0.29) is 0 Å². The number of hydrogen-bond acceptors (Lipinski definition) is 2. The lowest BCUT2D eigenvalue weighted by atomic mass is 10.0. The highest BCUT2D eigenvalue weighted by molar-refractivity contribution is 5.92. The van der Waals surface area contributed by atoms with Crippen LogP contribution in [0.25, 0.3) is 11.0 Å². The van der Waals surface area contributed by atoms with Gasteiger partial charge in [-0.3, -0.25) is 0 Å². The van der Waals surface area contributed by atoms with Crippen molar-refractivity contribution in [1.82, 2.24) is 9.55 Å². The molecular weight excluding hydrogens is 252 g/mol. The normalized spacial score (nSPS) is 13.1. The highest BCUT2D eigenvalue weighted by atomic mass is 16.4. The number of hydrogen-bond donors (Lipinski definition) is 1. The average Bonchev–Trinajstić information content (AvgIpc) is 2.77. The standard InChI is InChI=1S/C16H22N2O2/c1-5-13(10(3)4)18-14-8-7-11(16(19)20)9-12(14)17-15(18)6-2/h7-10,13H,5-6H2,1-4H3,(H,19,20). The second kappa shape index (κ2) is 5.65. The Morgan fingerprint density at radius 2 is 2.05 bits per heavy atom. The third-order valence-corrected chi connectivity index (χ3v) is 3.85. The fraction of sp³-hybridized carbons (Fsp3) is 0.500. The van der Waals surface area contributed by atoms with E-state index in [2.05, 4.69) is 37.2 Å². The van der Waals surface area contributed by atoms with Crippen molar-refractivity contribution in [2.45, 2.75) is 46.6 Å². The highest BCUT2D eigenvalue weighted by Gasteiger charge is 2.20. The first-order valence-corrected chi connectivity index (χ1v) is 7.23. The van der Waals surface area contributed by atoms with Gasteiger partial charge in [0.1, 0.15) is 5.82 Å². The van der Waals surface area contributed by atoms with Crippen molar-refractivity contribution in [2.75, 3.05) is 0 Å². The van der Waals surface area contributed by atoms with E-state index in [4.69, 9.17) is 5.11 Å². The van der Waals surface area contributed by atoms with Crippen LogP contribution in [0, 0.1) is 5.92 Å². The second-order valence-electron chi connectivity index (χ2n) is 5.48. The third kappa shape index (κ3) is 2.42. The molecule has 1 aromatic heterocycles. The number of aromatic carboxylic acids is 1. The van der Waals surface area contributed by atoms with Crippen LogP contribution < -0.4 is 0 Å². The molecule has 0 amide bonds. The summed E-state index contributed by atoms with van der Waals surface area (Å²) < 4.78 is 2.28. The maximum Gasteiger partial charge on any atom is 0.335 e. The number of aromatic nitrogens is 2. The Bertz CT molecular complexity index is 629. The molecule has 4 heteroatoms. The van der Waals surface area contributed by atoms with Crippen molar-refractivity contribution in [3.63, 3.8) is 0 Å². The number of carbonyl (C=O) groups is 1. The predicted molar refractivity (Wildman–Crippen MR) is 80.2 cm³/mol. The topological polar surface area (TPSA) is 55.1 Å². The molecule has 0 aliphatic heterocycles. The first-order valence-electron chi connectivity index (χ1n) is 7.23. The molecule has 1 heterocycles. The van der Waals surface area contributed by atoms with Gasteiger partial charge in [-0.15, -0.1) is 0 Å². The summed E-state index contributed by atoms with van der Waals surface area (Å²) in [6.45, 7) is 8.69. The van der Waals surface area contributed by atoms with Gasteiger partial charge in [0.25, 0.3) is 0 Å². The average molecular weight is 274 g/mol. The Hall–Kier alpha value is -1.84. The number of nitrogens with zero attached hydrogens (tertiary/aromatic N) is 2. The van der Waals surface area contributed by atoms with Crippen LogP contribution in [0.15, 0.2) is 18.2 Å². The zero-order valence-electron chi connectivity index (χ0n) is 12.6. The van der Waals surface area contributed by atoms with E-state index in [9.17, 15) is 4.79 Å². The first-order chi connectivity index (χ1) is 9.49. The summed E-state index contributed by atoms with van der Waals surface area (Å²) in [6.07, 6.45) is 1.89. The fourth-order valence-electron chi connectivity index (χ4n) is 2.85. The van der Waals surface area contributed by atoms with Gasteiger partial charge in [0.05, 0.1) is 16.6 Å². The summed E-state index contributed by atoms with van der Waals surface area (Å²) in [6, 6.07) is 5.61. The molecule has 2 rings (SSSR count). The molecule has 0 aliphatic rings. The molecule has 0 spiro atoms. The smallest absolute Gasteiger partial charge is 0.335 e.